The summed E-state index contributed by atoms with van der Waals surface area (Å²) in [5.41, 5.74) is 1.58. The van der Waals surface area contributed by atoms with Crippen LogP contribution in [-0.2, 0) is 4.79 Å². The Hall–Kier alpha value is -2.73. The number of aromatic nitrogens is 2. The van der Waals surface area contributed by atoms with Gasteiger partial charge in [0.15, 0.2) is 6.10 Å². The zero-order valence-corrected chi connectivity index (χ0v) is 13.0. The van der Waals surface area contributed by atoms with Crippen molar-refractivity contribution < 1.29 is 9.53 Å². The number of halogens is 1. The molecule has 1 heterocycles. The molecule has 6 nitrogen and oxygen atoms in total. The number of H-pyrrole nitrogens is 2. The highest BCUT2D eigenvalue weighted by Crippen LogP contribution is 2.19. The number of fused-ring (bicyclic) bond motifs is 1. The van der Waals surface area contributed by atoms with E-state index in [-0.39, 0.29) is 11.6 Å². The highest BCUT2D eigenvalue weighted by Gasteiger charge is 2.15. The van der Waals surface area contributed by atoms with Gasteiger partial charge in [0.05, 0.1) is 11.0 Å². The molecule has 1 aromatic heterocycles. The molecule has 0 aliphatic rings. The van der Waals surface area contributed by atoms with E-state index in [1.807, 2.05) is 0 Å². The third kappa shape index (κ3) is 3.54. The van der Waals surface area contributed by atoms with Gasteiger partial charge in [-0.2, -0.15) is 0 Å². The maximum Gasteiger partial charge on any atom is 0.323 e. The van der Waals surface area contributed by atoms with Crippen molar-refractivity contribution in [1.29, 1.82) is 0 Å². The van der Waals surface area contributed by atoms with Gasteiger partial charge in [0, 0.05) is 10.7 Å². The van der Waals surface area contributed by atoms with Crippen LogP contribution in [0.15, 0.2) is 47.3 Å². The maximum absolute atomic E-state index is 12.2. The van der Waals surface area contributed by atoms with Gasteiger partial charge in [-0.15, -0.1) is 0 Å². The first-order valence-electron chi connectivity index (χ1n) is 6.96. The summed E-state index contributed by atoms with van der Waals surface area (Å²) in [4.78, 5) is 28.7. The Bertz CT molecular complexity index is 916. The molecule has 118 valence electrons. The molecule has 0 saturated carbocycles. The summed E-state index contributed by atoms with van der Waals surface area (Å²) in [5, 5.41) is 3.28. The van der Waals surface area contributed by atoms with Gasteiger partial charge in [-0.3, -0.25) is 4.79 Å². The molecule has 0 bridgehead atoms. The van der Waals surface area contributed by atoms with Crippen LogP contribution >= 0.6 is 11.6 Å². The number of hydrogen-bond donors (Lipinski definition) is 3. The predicted octanol–water partition coefficient (Wildman–Crippen LogP) is 2.92. The van der Waals surface area contributed by atoms with Crippen LogP contribution in [0.25, 0.3) is 11.0 Å². The lowest BCUT2D eigenvalue weighted by molar-refractivity contribution is -0.122. The van der Waals surface area contributed by atoms with E-state index in [0.29, 0.717) is 27.5 Å². The SMILES string of the molecule is CC(Oc1cccc(Cl)c1)C(=O)Nc1ccc2[nH]c(=O)[nH]c2c1. The summed E-state index contributed by atoms with van der Waals surface area (Å²) in [6, 6.07) is 11.9. The lowest BCUT2D eigenvalue weighted by atomic mass is 10.2. The van der Waals surface area contributed by atoms with Gasteiger partial charge in [0.1, 0.15) is 5.75 Å². The molecule has 1 amide bonds. The van der Waals surface area contributed by atoms with E-state index < -0.39 is 6.10 Å². The molecule has 0 radical (unpaired) electrons. The van der Waals surface area contributed by atoms with E-state index in [2.05, 4.69) is 15.3 Å². The summed E-state index contributed by atoms with van der Waals surface area (Å²) < 4.78 is 5.56. The third-order valence-corrected chi connectivity index (χ3v) is 3.50. The summed E-state index contributed by atoms with van der Waals surface area (Å²) in [6.45, 7) is 1.65. The van der Waals surface area contributed by atoms with Gasteiger partial charge in [0.25, 0.3) is 5.91 Å². The number of benzene rings is 2. The number of carbonyl (C=O) groups excluding carboxylic acids is 1. The fourth-order valence-electron chi connectivity index (χ4n) is 2.15. The van der Waals surface area contributed by atoms with Crippen LogP contribution in [0.5, 0.6) is 5.75 Å². The van der Waals surface area contributed by atoms with E-state index in [0.717, 1.165) is 0 Å². The first-order valence-corrected chi connectivity index (χ1v) is 7.34. The number of aromatic amines is 2. The topological polar surface area (TPSA) is 87.0 Å². The van der Waals surface area contributed by atoms with Crippen LogP contribution in [0.1, 0.15) is 6.92 Å². The van der Waals surface area contributed by atoms with Crippen LogP contribution in [0.3, 0.4) is 0 Å². The van der Waals surface area contributed by atoms with Crippen molar-refractivity contribution >= 4 is 34.2 Å². The average molecular weight is 332 g/mol. The van der Waals surface area contributed by atoms with Crippen molar-refractivity contribution in [1.82, 2.24) is 9.97 Å². The Morgan fingerprint density at radius 1 is 1.17 bits per heavy atom. The molecule has 1 atom stereocenters. The van der Waals surface area contributed by atoms with Crippen LogP contribution in [0.4, 0.5) is 5.69 Å². The second-order valence-electron chi connectivity index (χ2n) is 5.05. The normalized spacial score (nSPS) is 12.1. The fraction of sp³-hybridized carbons (Fsp3) is 0.125. The predicted molar refractivity (Wildman–Crippen MR) is 89.1 cm³/mol. The van der Waals surface area contributed by atoms with Crippen LogP contribution in [-0.4, -0.2) is 22.0 Å². The summed E-state index contributed by atoms with van der Waals surface area (Å²) in [7, 11) is 0. The van der Waals surface area contributed by atoms with Crippen molar-refractivity contribution in [3.05, 3.63) is 58.0 Å². The Morgan fingerprint density at radius 3 is 2.74 bits per heavy atom. The first kappa shape index (κ1) is 15.2. The molecule has 0 spiro atoms. The largest absolute Gasteiger partial charge is 0.481 e. The molecule has 2 aromatic carbocycles. The molecule has 3 rings (SSSR count). The molecule has 0 aliphatic heterocycles. The second-order valence-corrected chi connectivity index (χ2v) is 5.48. The van der Waals surface area contributed by atoms with Crippen molar-refractivity contribution in [3.63, 3.8) is 0 Å². The number of rotatable bonds is 4. The fourth-order valence-corrected chi connectivity index (χ4v) is 2.33. The van der Waals surface area contributed by atoms with Gasteiger partial charge in [0.2, 0.25) is 0 Å². The molecule has 3 N–H and O–H groups in total. The molecule has 1 unspecified atom stereocenters. The molecule has 0 aliphatic carbocycles. The second kappa shape index (κ2) is 6.18. The lowest BCUT2D eigenvalue weighted by Gasteiger charge is -2.15. The average Bonchev–Trinajstić information content (AvgIpc) is 2.86. The number of imidazole rings is 1. The van der Waals surface area contributed by atoms with Crippen LogP contribution in [0, 0.1) is 0 Å². The number of amides is 1. The van der Waals surface area contributed by atoms with Crippen molar-refractivity contribution in [2.45, 2.75) is 13.0 Å². The standard InChI is InChI=1S/C16H14ClN3O3/c1-9(23-12-4-2-3-10(17)7-12)15(21)18-11-5-6-13-14(8-11)20-16(22)19-13/h2-9H,1H3,(H,18,21)(H2,19,20,22). The highest BCUT2D eigenvalue weighted by molar-refractivity contribution is 6.30. The van der Waals surface area contributed by atoms with E-state index in [1.165, 1.54) is 0 Å². The Kier molecular flexibility index (Phi) is 4.08. The molecule has 0 fully saturated rings. The molecular formula is C16H14ClN3O3. The molecular weight excluding hydrogens is 318 g/mol. The zero-order chi connectivity index (χ0) is 16.4. The summed E-state index contributed by atoms with van der Waals surface area (Å²) >= 11 is 5.88. The van der Waals surface area contributed by atoms with Crippen LogP contribution in [0.2, 0.25) is 5.02 Å². The smallest absolute Gasteiger partial charge is 0.323 e. The number of hydrogen-bond acceptors (Lipinski definition) is 3. The van der Waals surface area contributed by atoms with Gasteiger partial charge >= 0.3 is 5.69 Å². The molecule has 3 aromatic rings. The number of nitrogens with one attached hydrogen (secondary N) is 3. The molecule has 23 heavy (non-hydrogen) atoms. The van der Waals surface area contributed by atoms with Crippen molar-refractivity contribution in [2.24, 2.45) is 0 Å². The Morgan fingerprint density at radius 2 is 1.96 bits per heavy atom. The van der Waals surface area contributed by atoms with Crippen molar-refractivity contribution in [3.8, 4) is 5.75 Å². The first-order chi connectivity index (χ1) is 11.0. The van der Waals surface area contributed by atoms with E-state index in [9.17, 15) is 9.59 Å². The van der Waals surface area contributed by atoms with Gasteiger partial charge in [-0.1, -0.05) is 17.7 Å². The quantitative estimate of drug-likeness (QED) is 0.687. The highest BCUT2D eigenvalue weighted by atomic mass is 35.5. The summed E-state index contributed by atoms with van der Waals surface area (Å²) in [6.07, 6.45) is -0.700. The Balaban J connectivity index is 1.70. The zero-order valence-electron chi connectivity index (χ0n) is 12.2. The number of ether oxygens (including phenoxy) is 1. The van der Waals surface area contributed by atoms with Crippen LogP contribution < -0.4 is 15.7 Å². The van der Waals surface area contributed by atoms with Gasteiger partial charge in [-0.25, -0.2) is 4.79 Å². The van der Waals surface area contributed by atoms with Gasteiger partial charge < -0.3 is 20.0 Å². The number of carbonyl (C=O) groups is 1. The third-order valence-electron chi connectivity index (χ3n) is 3.26. The maximum atomic E-state index is 12.2. The van der Waals surface area contributed by atoms with E-state index in [1.54, 1.807) is 49.4 Å². The van der Waals surface area contributed by atoms with E-state index in [4.69, 9.17) is 16.3 Å². The summed E-state index contributed by atoms with van der Waals surface area (Å²) in [5.74, 6) is 0.216. The molecule has 0 saturated heterocycles. The lowest BCUT2D eigenvalue weighted by Crippen LogP contribution is -2.30. The van der Waals surface area contributed by atoms with E-state index >= 15 is 0 Å². The van der Waals surface area contributed by atoms with Crippen molar-refractivity contribution in [2.75, 3.05) is 5.32 Å². The molecule has 7 heteroatoms. The Labute approximate surface area is 136 Å². The minimum atomic E-state index is -0.700. The monoisotopic (exact) mass is 331 g/mol. The van der Waals surface area contributed by atoms with Gasteiger partial charge in [-0.05, 0) is 43.3 Å². The minimum absolute atomic E-state index is 0.291. The minimum Gasteiger partial charge on any atom is -0.481 e. The number of anilines is 1.